The number of nitrogens with two attached hydrogens (primary N) is 1. The maximum absolute atomic E-state index is 13.6. The summed E-state index contributed by atoms with van der Waals surface area (Å²) in [6, 6.07) is 20.0. The van der Waals surface area contributed by atoms with Gasteiger partial charge in [-0.15, -0.1) is 0 Å². The average molecular weight is 519 g/mol. The van der Waals surface area contributed by atoms with E-state index in [1.54, 1.807) is 51.1 Å². The number of rotatable bonds is 9. The second-order valence-electron chi connectivity index (χ2n) is 10.0. The van der Waals surface area contributed by atoms with Gasteiger partial charge in [0.05, 0.1) is 0 Å². The van der Waals surface area contributed by atoms with Gasteiger partial charge in [-0.1, -0.05) is 60.7 Å². The minimum Gasteiger partial charge on any atom is -0.444 e. The van der Waals surface area contributed by atoms with Crippen molar-refractivity contribution in [2.75, 3.05) is 12.4 Å². The molecule has 200 valence electrons. The van der Waals surface area contributed by atoms with Gasteiger partial charge in [-0.05, 0) is 55.7 Å². The van der Waals surface area contributed by atoms with E-state index in [1.165, 1.54) is 11.9 Å². The zero-order chi connectivity index (χ0) is 27.9. The van der Waals surface area contributed by atoms with Gasteiger partial charge in [-0.25, -0.2) is 4.79 Å². The van der Waals surface area contributed by atoms with Crippen LogP contribution in [0.4, 0.5) is 10.5 Å². The maximum atomic E-state index is 13.6. The Balaban J connectivity index is 1.88. The van der Waals surface area contributed by atoms with E-state index in [9.17, 15) is 19.2 Å². The lowest BCUT2D eigenvalue weighted by Crippen LogP contribution is -2.51. The molecule has 0 aliphatic heterocycles. The molecule has 0 bridgehead atoms. The fraction of sp³-hybridized carbons (Fsp3) is 0.310. The van der Waals surface area contributed by atoms with E-state index in [2.05, 4.69) is 10.6 Å². The smallest absolute Gasteiger partial charge is 0.408 e. The number of benzene rings is 3. The Labute approximate surface area is 222 Å². The third-order valence-electron chi connectivity index (χ3n) is 5.78. The molecule has 0 fully saturated rings. The van der Waals surface area contributed by atoms with Crippen molar-refractivity contribution in [2.45, 2.75) is 51.3 Å². The fourth-order valence-corrected chi connectivity index (χ4v) is 4.03. The van der Waals surface area contributed by atoms with Crippen LogP contribution in [0.3, 0.4) is 0 Å². The molecule has 0 aliphatic rings. The van der Waals surface area contributed by atoms with Gasteiger partial charge < -0.3 is 26.0 Å². The SMILES string of the molecule is CN(C(=O)C(CCC(N)=O)NC(=O)OC(C)(C)C)C(C(=O)Nc1ccc2ccccc2c1)c1ccccc1. The van der Waals surface area contributed by atoms with Crippen LogP contribution in [0.5, 0.6) is 0 Å². The first-order chi connectivity index (χ1) is 17.9. The van der Waals surface area contributed by atoms with E-state index in [-0.39, 0.29) is 12.8 Å². The molecular weight excluding hydrogens is 484 g/mol. The Hall–Kier alpha value is -4.40. The fourth-order valence-electron chi connectivity index (χ4n) is 4.03. The van der Waals surface area contributed by atoms with Gasteiger partial charge in [0.25, 0.3) is 5.91 Å². The lowest BCUT2D eigenvalue weighted by atomic mass is 10.0. The van der Waals surface area contributed by atoms with E-state index >= 15 is 0 Å². The summed E-state index contributed by atoms with van der Waals surface area (Å²) in [6.07, 6.45) is -1.00. The van der Waals surface area contributed by atoms with Crippen molar-refractivity contribution in [3.8, 4) is 0 Å². The Bertz CT molecular complexity index is 1300. The van der Waals surface area contributed by atoms with Crippen LogP contribution in [-0.4, -0.2) is 47.4 Å². The Morgan fingerprint density at radius 1 is 0.921 bits per heavy atom. The van der Waals surface area contributed by atoms with Gasteiger partial charge in [0.15, 0.2) is 0 Å². The summed E-state index contributed by atoms with van der Waals surface area (Å²) in [5.41, 5.74) is 5.66. The predicted octanol–water partition coefficient (Wildman–Crippen LogP) is 4.14. The predicted molar refractivity (Wildman–Crippen MR) is 146 cm³/mol. The van der Waals surface area contributed by atoms with E-state index < -0.39 is 41.5 Å². The zero-order valence-electron chi connectivity index (χ0n) is 22.1. The lowest BCUT2D eigenvalue weighted by Gasteiger charge is -2.31. The van der Waals surface area contributed by atoms with Crippen LogP contribution in [0.25, 0.3) is 10.8 Å². The normalized spacial score (nSPS) is 12.7. The molecule has 0 radical (unpaired) electrons. The Morgan fingerprint density at radius 3 is 2.18 bits per heavy atom. The van der Waals surface area contributed by atoms with Crippen molar-refractivity contribution in [1.82, 2.24) is 10.2 Å². The van der Waals surface area contributed by atoms with Gasteiger partial charge in [0.2, 0.25) is 11.8 Å². The van der Waals surface area contributed by atoms with Crippen LogP contribution in [0.1, 0.15) is 45.2 Å². The van der Waals surface area contributed by atoms with Gasteiger partial charge in [-0.2, -0.15) is 0 Å². The second kappa shape index (κ2) is 12.2. The number of carbonyl (C=O) groups is 4. The summed E-state index contributed by atoms with van der Waals surface area (Å²) < 4.78 is 5.30. The number of nitrogens with one attached hydrogen (secondary N) is 2. The second-order valence-corrected chi connectivity index (χ2v) is 10.0. The lowest BCUT2D eigenvalue weighted by molar-refractivity contribution is -0.139. The van der Waals surface area contributed by atoms with Crippen LogP contribution < -0.4 is 16.4 Å². The molecule has 0 heterocycles. The number of amides is 4. The van der Waals surface area contributed by atoms with Crippen molar-refractivity contribution >= 4 is 40.3 Å². The number of primary amides is 1. The summed E-state index contributed by atoms with van der Waals surface area (Å²) in [7, 11) is 1.48. The minimum absolute atomic E-state index is 0.0500. The molecule has 2 unspecified atom stereocenters. The molecule has 0 saturated heterocycles. The summed E-state index contributed by atoms with van der Waals surface area (Å²) in [5.74, 6) is -1.63. The molecule has 4 amide bonds. The quantitative estimate of drug-likeness (QED) is 0.392. The summed E-state index contributed by atoms with van der Waals surface area (Å²) in [5, 5.41) is 7.43. The van der Waals surface area contributed by atoms with Crippen LogP contribution in [-0.2, 0) is 19.1 Å². The molecule has 0 spiro atoms. The van der Waals surface area contributed by atoms with Crippen molar-refractivity contribution < 1.29 is 23.9 Å². The molecule has 3 aromatic rings. The molecule has 9 heteroatoms. The first-order valence-electron chi connectivity index (χ1n) is 12.3. The van der Waals surface area contributed by atoms with Crippen molar-refractivity contribution in [1.29, 1.82) is 0 Å². The largest absolute Gasteiger partial charge is 0.444 e. The molecule has 2 atom stereocenters. The number of carbonyl (C=O) groups excluding carboxylic acids is 4. The number of nitrogens with zero attached hydrogens (tertiary/aromatic N) is 1. The Kier molecular flexibility index (Phi) is 9.07. The number of hydrogen-bond acceptors (Lipinski definition) is 5. The molecule has 4 N–H and O–H groups in total. The van der Waals surface area contributed by atoms with Crippen molar-refractivity contribution in [3.05, 3.63) is 78.4 Å². The van der Waals surface area contributed by atoms with E-state index in [4.69, 9.17) is 10.5 Å². The standard InChI is InChI=1S/C29H34N4O5/c1-29(2,3)38-28(37)32-23(16-17-24(30)34)27(36)33(4)25(20-11-6-5-7-12-20)26(35)31-22-15-14-19-10-8-9-13-21(19)18-22/h5-15,18,23,25H,16-17H2,1-4H3,(H2,30,34)(H,31,35)(H,32,37). The van der Waals surface area contributed by atoms with E-state index in [1.807, 2.05) is 42.5 Å². The van der Waals surface area contributed by atoms with Crippen LogP contribution in [0.2, 0.25) is 0 Å². The van der Waals surface area contributed by atoms with E-state index in [0.717, 1.165) is 10.8 Å². The molecule has 0 aromatic heterocycles. The molecule has 3 rings (SSSR count). The molecule has 9 nitrogen and oxygen atoms in total. The van der Waals surface area contributed by atoms with Crippen molar-refractivity contribution in [3.63, 3.8) is 0 Å². The average Bonchev–Trinajstić information content (AvgIpc) is 2.85. The molecule has 0 aliphatic carbocycles. The maximum Gasteiger partial charge on any atom is 0.408 e. The van der Waals surface area contributed by atoms with Crippen LogP contribution in [0.15, 0.2) is 72.8 Å². The summed E-state index contributed by atoms with van der Waals surface area (Å²) in [4.78, 5) is 52.4. The highest BCUT2D eigenvalue weighted by molar-refractivity contribution is 6.00. The summed E-state index contributed by atoms with van der Waals surface area (Å²) in [6.45, 7) is 5.09. The molecule has 3 aromatic carbocycles. The Morgan fingerprint density at radius 2 is 1.55 bits per heavy atom. The number of ether oxygens (including phenoxy) is 1. The van der Waals surface area contributed by atoms with Crippen LogP contribution in [0, 0.1) is 0 Å². The number of hydrogen-bond donors (Lipinski definition) is 3. The van der Waals surface area contributed by atoms with E-state index in [0.29, 0.717) is 11.3 Å². The molecule has 0 saturated carbocycles. The minimum atomic E-state index is -1.14. The molecule has 38 heavy (non-hydrogen) atoms. The third kappa shape index (κ3) is 7.80. The van der Waals surface area contributed by atoms with Gasteiger partial charge in [0.1, 0.15) is 17.7 Å². The highest BCUT2D eigenvalue weighted by Crippen LogP contribution is 2.25. The monoisotopic (exact) mass is 518 g/mol. The molecular formula is C29H34N4O5. The number of likely N-dealkylation sites (N-methyl/N-ethyl adjacent to an activating group) is 1. The van der Waals surface area contributed by atoms with Gasteiger partial charge in [-0.3, -0.25) is 14.4 Å². The number of alkyl carbamates (subject to hydrolysis) is 1. The topological polar surface area (TPSA) is 131 Å². The van der Waals surface area contributed by atoms with Crippen molar-refractivity contribution in [2.24, 2.45) is 5.73 Å². The number of anilines is 1. The van der Waals surface area contributed by atoms with Crippen LogP contribution >= 0.6 is 0 Å². The highest BCUT2D eigenvalue weighted by atomic mass is 16.6. The third-order valence-corrected chi connectivity index (χ3v) is 5.78. The first-order valence-corrected chi connectivity index (χ1v) is 12.3. The first kappa shape index (κ1) is 28.2. The zero-order valence-corrected chi connectivity index (χ0v) is 22.1. The summed E-state index contributed by atoms with van der Waals surface area (Å²) >= 11 is 0. The van der Waals surface area contributed by atoms with Gasteiger partial charge >= 0.3 is 6.09 Å². The van der Waals surface area contributed by atoms with Gasteiger partial charge in [0, 0.05) is 19.2 Å². The highest BCUT2D eigenvalue weighted by Gasteiger charge is 2.34. The number of fused-ring (bicyclic) bond motifs is 1.